The molecule has 0 bridgehead atoms. The van der Waals surface area contributed by atoms with E-state index in [0.717, 1.165) is 25.9 Å². The summed E-state index contributed by atoms with van der Waals surface area (Å²) in [4.78, 5) is 23.1. The first-order valence-electron chi connectivity index (χ1n) is 10.3. The Bertz CT molecular complexity index is 966. The van der Waals surface area contributed by atoms with Gasteiger partial charge in [0, 0.05) is 43.9 Å². The monoisotopic (exact) mass is 404 g/mol. The summed E-state index contributed by atoms with van der Waals surface area (Å²) >= 11 is 0. The highest BCUT2D eigenvalue weighted by atomic mass is 16.5. The van der Waals surface area contributed by atoms with Gasteiger partial charge in [-0.1, -0.05) is 6.07 Å². The average molecular weight is 404 g/mol. The molecular weight excluding hydrogens is 380 g/mol. The van der Waals surface area contributed by atoms with Gasteiger partial charge in [0.2, 0.25) is 5.88 Å². The minimum atomic E-state index is -0.0739. The van der Waals surface area contributed by atoms with Crippen LogP contribution >= 0.6 is 0 Å². The van der Waals surface area contributed by atoms with Crippen LogP contribution in [0.1, 0.15) is 18.9 Å². The first-order chi connectivity index (χ1) is 14.8. The molecule has 4 heterocycles. The number of fused-ring (bicyclic) bond motifs is 1. The molecule has 154 valence electrons. The highest BCUT2D eigenvalue weighted by Crippen LogP contribution is 2.42. The zero-order chi connectivity index (χ0) is 20.3. The second-order valence-electron chi connectivity index (χ2n) is 7.95. The van der Waals surface area contributed by atoms with E-state index in [0.29, 0.717) is 23.4 Å². The highest BCUT2D eigenvalue weighted by molar-refractivity contribution is 5.89. The SMILES string of the molecule is O=C(Nc1cccnc1)N1C[C@H]2C[C@H](Oc3ccccn3)[C@@H](n3cccn3)C[C@H]2C1. The smallest absolute Gasteiger partial charge is 0.321 e. The summed E-state index contributed by atoms with van der Waals surface area (Å²) in [6.07, 6.45) is 10.6. The van der Waals surface area contributed by atoms with Crippen molar-refractivity contribution < 1.29 is 9.53 Å². The number of nitrogens with one attached hydrogen (secondary N) is 1. The van der Waals surface area contributed by atoms with Crippen molar-refractivity contribution in [2.24, 2.45) is 11.8 Å². The number of pyridine rings is 2. The standard InChI is InChI=1S/C22H24N6O2/c29-22(26-18-5-3-7-23-13-18)27-14-16-11-19(28-10-4-9-25-28)20(12-17(16)15-27)30-21-6-1-2-8-24-21/h1-10,13,16-17,19-20H,11-12,14-15H2,(H,26,29)/t16-,17+,19-,20-/m0/s1. The number of anilines is 1. The van der Waals surface area contributed by atoms with Gasteiger partial charge in [-0.25, -0.2) is 9.78 Å². The van der Waals surface area contributed by atoms with Crippen molar-refractivity contribution in [2.75, 3.05) is 18.4 Å². The van der Waals surface area contributed by atoms with Crippen LogP contribution in [-0.2, 0) is 0 Å². The number of urea groups is 1. The number of carbonyl (C=O) groups is 1. The minimum absolute atomic E-state index is 0.0395. The molecule has 2 fully saturated rings. The molecule has 0 unspecified atom stereocenters. The Balaban J connectivity index is 1.31. The summed E-state index contributed by atoms with van der Waals surface area (Å²) in [5.74, 6) is 1.44. The number of rotatable bonds is 4. The zero-order valence-electron chi connectivity index (χ0n) is 16.5. The van der Waals surface area contributed by atoms with Gasteiger partial charge in [-0.3, -0.25) is 9.67 Å². The number of aromatic nitrogens is 4. The van der Waals surface area contributed by atoms with Gasteiger partial charge in [0.15, 0.2) is 0 Å². The number of carbonyl (C=O) groups excluding carboxylic acids is 1. The molecule has 0 aromatic carbocycles. The molecule has 2 aliphatic rings. The molecule has 2 amide bonds. The van der Waals surface area contributed by atoms with E-state index in [1.165, 1.54) is 0 Å². The lowest BCUT2D eigenvalue weighted by molar-refractivity contribution is 0.0459. The molecule has 1 aliphatic heterocycles. The molecule has 0 spiro atoms. The summed E-state index contributed by atoms with van der Waals surface area (Å²) in [5, 5.41) is 7.42. The maximum atomic E-state index is 12.8. The molecule has 30 heavy (non-hydrogen) atoms. The molecule has 5 rings (SSSR count). The molecule has 1 saturated heterocycles. The molecule has 3 aromatic rings. The Kier molecular flexibility index (Phi) is 5.04. The molecule has 1 aliphatic carbocycles. The molecule has 1 N–H and O–H groups in total. The highest BCUT2D eigenvalue weighted by Gasteiger charge is 2.45. The van der Waals surface area contributed by atoms with Crippen molar-refractivity contribution >= 4 is 11.7 Å². The fourth-order valence-electron chi connectivity index (χ4n) is 4.65. The van der Waals surface area contributed by atoms with Crippen LogP contribution in [0.15, 0.2) is 67.4 Å². The van der Waals surface area contributed by atoms with Crippen molar-refractivity contribution in [3.63, 3.8) is 0 Å². The van der Waals surface area contributed by atoms with E-state index < -0.39 is 0 Å². The quantitative estimate of drug-likeness (QED) is 0.722. The van der Waals surface area contributed by atoms with Crippen molar-refractivity contribution in [1.29, 1.82) is 0 Å². The van der Waals surface area contributed by atoms with Gasteiger partial charge in [-0.2, -0.15) is 5.10 Å². The summed E-state index contributed by atoms with van der Waals surface area (Å²) in [7, 11) is 0. The van der Waals surface area contributed by atoms with Crippen LogP contribution in [0, 0.1) is 11.8 Å². The predicted octanol–water partition coefficient (Wildman–Crippen LogP) is 3.24. The van der Waals surface area contributed by atoms with Gasteiger partial charge in [0.25, 0.3) is 0 Å². The van der Waals surface area contributed by atoms with Gasteiger partial charge in [0.1, 0.15) is 6.10 Å². The van der Waals surface area contributed by atoms with Crippen molar-refractivity contribution in [1.82, 2.24) is 24.6 Å². The number of ether oxygens (including phenoxy) is 1. The van der Waals surface area contributed by atoms with Crippen LogP contribution in [-0.4, -0.2) is 49.9 Å². The second-order valence-corrected chi connectivity index (χ2v) is 7.95. The topological polar surface area (TPSA) is 85.2 Å². The molecule has 8 heteroatoms. The number of amides is 2. The first-order valence-corrected chi connectivity index (χ1v) is 10.3. The van der Waals surface area contributed by atoms with E-state index in [2.05, 4.69) is 20.4 Å². The largest absolute Gasteiger partial charge is 0.472 e. The van der Waals surface area contributed by atoms with Crippen molar-refractivity contribution in [2.45, 2.75) is 25.0 Å². The lowest BCUT2D eigenvalue weighted by atomic mass is 9.77. The van der Waals surface area contributed by atoms with Crippen LogP contribution in [0.4, 0.5) is 10.5 Å². The molecule has 4 atom stereocenters. The second kappa shape index (κ2) is 8.14. The fraction of sp³-hybridized carbons (Fsp3) is 0.364. The Morgan fingerprint density at radius 1 is 1.03 bits per heavy atom. The molecule has 1 saturated carbocycles. The Morgan fingerprint density at radius 3 is 2.67 bits per heavy atom. The van der Waals surface area contributed by atoms with Gasteiger partial charge in [-0.05, 0) is 48.9 Å². The van der Waals surface area contributed by atoms with Gasteiger partial charge < -0.3 is 15.0 Å². The Hall–Kier alpha value is -3.42. The Morgan fingerprint density at radius 2 is 1.93 bits per heavy atom. The maximum Gasteiger partial charge on any atom is 0.321 e. The summed E-state index contributed by atoms with van der Waals surface area (Å²) in [6.45, 7) is 1.47. The summed E-state index contributed by atoms with van der Waals surface area (Å²) < 4.78 is 8.28. The van der Waals surface area contributed by atoms with Crippen molar-refractivity contribution in [3.8, 4) is 5.88 Å². The van der Waals surface area contributed by atoms with Crippen LogP contribution in [0.2, 0.25) is 0 Å². The van der Waals surface area contributed by atoms with Gasteiger partial charge in [0.05, 0.1) is 17.9 Å². The van der Waals surface area contributed by atoms with E-state index in [4.69, 9.17) is 4.74 Å². The third-order valence-electron chi connectivity index (χ3n) is 6.06. The summed E-state index contributed by atoms with van der Waals surface area (Å²) in [5.41, 5.74) is 0.711. The predicted molar refractivity (Wildman–Crippen MR) is 111 cm³/mol. The number of hydrogen-bond donors (Lipinski definition) is 1. The maximum absolute atomic E-state index is 12.8. The van der Waals surface area contributed by atoms with Crippen LogP contribution in [0.25, 0.3) is 0 Å². The number of hydrogen-bond acceptors (Lipinski definition) is 5. The zero-order valence-corrected chi connectivity index (χ0v) is 16.5. The summed E-state index contributed by atoms with van der Waals surface area (Å²) in [6, 6.07) is 11.3. The fourth-order valence-corrected chi connectivity index (χ4v) is 4.65. The first kappa shape index (κ1) is 18.6. The third-order valence-corrected chi connectivity index (χ3v) is 6.06. The Labute approximate surface area is 174 Å². The number of likely N-dealkylation sites (tertiary alicyclic amines) is 1. The molecular formula is C22H24N6O2. The number of nitrogens with zero attached hydrogens (tertiary/aromatic N) is 5. The van der Waals surface area contributed by atoms with Crippen LogP contribution in [0.5, 0.6) is 5.88 Å². The minimum Gasteiger partial charge on any atom is -0.472 e. The average Bonchev–Trinajstić information content (AvgIpc) is 3.44. The van der Waals surface area contributed by atoms with Crippen LogP contribution < -0.4 is 10.1 Å². The van der Waals surface area contributed by atoms with E-state index in [1.54, 1.807) is 24.8 Å². The third kappa shape index (κ3) is 3.85. The van der Waals surface area contributed by atoms with E-state index in [-0.39, 0.29) is 18.2 Å². The molecule has 0 radical (unpaired) electrons. The molecule has 8 nitrogen and oxygen atoms in total. The lowest BCUT2D eigenvalue weighted by Crippen LogP contribution is -2.40. The van der Waals surface area contributed by atoms with Gasteiger partial charge in [-0.15, -0.1) is 0 Å². The van der Waals surface area contributed by atoms with Gasteiger partial charge >= 0.3 is 6.03 Å². The van der Waals surface area contributed by atoms with E-state index in [9.17, 15) is 4.79 Å². The van der Waals surface area contributed by atoms with E-state index >= 15 is 0 Å². The molecule has 3 aromatic heterocycles. The van der Waals surface area contributed by atoms with Crippen molar-refractivity contribution in [3.05, 3.63) is 67.4 Å². The van der Waals surface area contributed by atoms with Crippen LogP contribution in [0.3, 0.4) is 0 Å². The van der Waals surface area contributed by atoms with E-state index in [1.807, 2.05) is 52.2 Å². The lowest BCUT2D eigenvalue weighted by Gasteiger charge is -2.37. The normalized spacial score (nSPS) is 25.5.